The summed E-state index contributed by atoms with van der Waals surface area (Å²) in [7, 11) is 1.26. The fraction of sp³-hybridized carbons (Fsp3) is 0.500. The molecule has 12 heteroatoms. The number of methoxy groups -OCH3 is 1. The number of halogens is 3. The maximum absolute atomic E-state index is 12.9. The molecule has 0 radical (unpaired) electrons. The van der Waals surface area contributed by atoms with Gasteiger partial charge in [0.05, 0.1) is 26.0 Å². The van der Waals surface area contributed by atoms with Crippen molar-refractivity contribution in [2.24, 2.45) is 0 Å². The third-order valence-electron chi connectivity index (χ3n) is 4.81. The summed E-state index contributed by atoms with van der Waals surface area (Å²) in [6.45, 7) is 3.19. The van der Waals surface area contributed by atoms with Gasteiger partial charge in [-0.3, -0.25) is 9.69 Å². The predicted octanol–water partition coefficient (Wildman–Crippen LogP) is 3.24. The second-order valence-electron chi connectivity index (χ2n) is 7.39. The number of aliphatic hydroxyl groups is 1. The number of alkyl halides is 3. The van der Waals surface area contributed by atoms with Crippen molar-refractivity contribution in [2.75, 3.05) is 33.4 Å². The Kier molecular flexibility index (Phi) is 10.3. The third-order valence-corrected chi connectivity index (χ3v) is 5.72. The fourth-order valence-corrected chi connectivity index (χ4v) is 3.78. The second kappa shape index (κ2) is 12.7. The van der Waals surface area contributed by atoms with Gasteiger partial charge in [0, 0.05) is 18.0 Å². The van der Waals surface area contributed by atoms with Crippen molar-refractivity contribution >= 4 is 23.3 Å². The van der Waals surface area contributed by atoms with E-state index in [4.69, 9.17) is 9.47 Å². The molecule has 0 spiro atoms. The van der Waals surface area contributed by atoms with E-state index in [1.807, 2.05) is 6.92 Å². The monoisotopic (exact) mass is 504 g/mol. The normalized spacial score (nSPS) is 13.4. The molecule has 0 aliphatic rings. The molecule has 0 saturated heterocycles. The largest absolute Gasteiger partial charge is 0.482 e. The summed E-state index contributed by atoms with van der Waals surface area (Å²) in [5.74, 6) is -0.541. The highest BCUT2D eigenvalue weighted by Gasteiger charge is 2.35. The molecule has 0 aliphatic heterocycles. The molecule has 2 rings (SSSR count). The molecule has 1 aromatic carbocycles. The maximum Gasteiger partial charge on any atom is 0.443 e. The van der Waals surface area contributed by atoms with Crippen LogP contribution in [0.25, 0.3) is 0 Å². The van der Waals surface area contributed by atoms with E-state index in [1.54, 1.807) is 36.1 Å². The third kappa shape index (κ3) is 8.58. The maximum atomic E-state index is 12.9. The molecule has 2 unspecified atom stereocenters. The minimum atomic E-state index is -4.59. The van der Waals surface area contributed by atoms with Gasteiger partial charge in [-0.15, -0.1) is 11.3 Å². The van der Waals surface area contributed by atoms with Crippen molar-refractivity contribution in [3.63, 3.8) is 0 Å². The lowest BCUT2D eigenvalue weighted by atomic mass is 10.0. The van der Waals surface area contributed by atoms with Crippen molar-refractivity contribution in [1.29, 1.82) is 0 Å². The first kappa shape index (κ1) is 27.5. The average Bonchev–Trinajstić information content (AvgIpc) is 3.29. The van der Waals surface area contributed by atoms with Gasteiger partial charge in [0.25, 0.3) is 0 Å². The van der Waals surface area contributed by atoms with Crippen LogP contribution in [-0.2, 0) is 31.7 Å². The van der Waals surface area contributed by atoms with Crippen molar-refractivity contribution in [3.8, 4) is 5.75 Å². The molecule has 1 aromatic heterocycles. The number of nitrogens with zero attached hydrogens (tertiary/aromatic N) is 2. The highest BCUT2D eigenvalue weighted by atomic mass is 32.1. The Balaban J connectivity index is 2.07. The highest BCUT2D eigenvalue weighted by molar-refractivity contribution is 7.09. The highest BCUT2D eigenvalue weighted by Crippen LogP contribution is 2.33. The van der Waals surface area contributed by atoms with Gasteiger partial charge in [-0.1, -0.05) is 12.1 Å². The van der Waals surface area contributed by atoms with Crippen LogP contribution < -0.4 is 4.74 Å². The second-order valence-corrected chi connectivity index (χ2v) is 8.25. The zero-order valence-corrected chi connectivity index (χ0v) is 19.8. The molecule has 188 valence electrons. The van der Waals surface area contributed by atoms with Gasteiger partial charge in [-0.2, -0.15) is 13.2 Å². The van der Waals surface area contributed by atoms with Gasteiger partial charge in [0.2, 0.25) is 0 Å². The van der Waals surface area contributed by atoms with Crippen LogP contribution in [0.1, 0.15) is 36.2 Å². The molecular formula is C22H27F3N2O6S. The number of hydrogen-bond donors (Lipinski definition) is 1. The zero-order chi connectivity index (χ0) is 25.3. The smallest absolute Gasteiger partial charge is 0.443 e. The quantitative estimate of drug-likeness (QED) is 0.440. The van der Waals surface area contributed by atoms with Crippen LogP contribution in [0.5, 0.6) is 5.75 Å². The Morgan fingerprint density at radius 3 is 2.44 bits per heavy atom. The Bertz CT molecular complexity index is 935. The average molecular weight is 505 g/mol. The van der Waals surface area contributed by atoms with Crippen molar-refractivity contribution in [2.45, 2.75) is 38.6 Å². The standard InChI is InChI=1S/C22H27F3N2O6S/c1-4-32-19(29)11-27(10-18(28)17-13-34-21(26-17)22(23,24)25)14(2)9-15-5-7-16(8-6-15)33-12-20(30)31-3/h5-8,13-14,18,28H,4,9-12H2,1-3H3. The van der Waals surface area contributed by atoms with Crippen molar-refractivity contribution in [1.82, 2.24) is 9.88 Å². The molecule has 2 aromatic rings. The molecular weight excluding hydrogens is 477 g/mol. The lowest BCUT2D eigenvalue weighted by Gasteiger charge is -2.30. The Hall–Kier alpha value is -2.70. The van der Waals surface area contributed by atoms with E-state index in [2.05, 4.69) is 9.72 Å². The summed E-state index contributed by atoms with van der Waals surface area (Å²) < 4.78 is 53.4. The minimum absolute atomic E-state index is 0.106. The number of aliphatic hydroxyl groups excluding tert-OH is 1. The van der Waals surface area contributed by atoms with E-state index in [1.165, 1.54) is 7.11 Å². The molecule has 1 heterocycles. The first-order chi connectivity index (χ1) is 16.0. The van der Waals surface area contributed by atoms with Crippen LogP contribution in [-0.4, -0.2) is 66.4 Å². The number of benzene rings is 1. The topological polar surface area (TPSA) is 98.2 Å². The van der Waals surface area contributed by atoms with Crippen LogP contribution >= 0.6 is 11.3 Å². The summed E-state index contributed by atoms with van der Waals surface area (Å²) in [6.07, 6.45) is -5.44. The number of carbonyl (C=O) groups is 2. The zero-order valence-electron chi connectivity index (χ0n) is 19.0. The van der Waals surface area contributed by atoms with Crippen molar-refractivity contribution in [3.05, 3.63) is 45.9 Å². The molecule has 34 heavy (non-hydrogen) atoms. The van der Waals surface area contributed by atoms with Gasteiger partial charge in [-0.05, 0) is 38.0 Å². The number of ether oxygens (including phenoxy) is 3. The number of rotatable bonds is 12. The molecule has 2 atom stereocenters. The van der Waals surface area contributed by atoms with Gasteiger partial charge in [-0.25, -0.2) is 9.78 Å². The van der Waals surface area contributed by atoms with Gasteiger partial charge in [0.15, 0.2) is 11.6 Å². The molecule has 0 bridgehead atoms. The first-order valence-electron chi connectivity index (χ1n) is 10.4. The molecule has 1 N–H and O–H groups in total. The van der Waals surface area contributed by atoms with Gasteiger partial charge < -0.3 is 19.3 Å². The summed E-state index contributed by atoms with van der Waals surface area (Å²) in [6, 6.07) is 6.67. The van der Waals surface area contributed by atoms with E-state index in [0.29, 0.717) is 23.5 Å². The Labute approximate surface area is 199 Å². The molecule has 0 fully saturated rings. The summed E-state index contributed by atoms with van der Waals surface area (Å²) in [5, 5.41) is 10.6. The Morgan fingerprint density at radius 1 is 1.21 bits per heavy atom. The number of aromatic nitrogens is 1. The molecule has 0 saturated carbocycles. The first-order valence-corrected chi connectivity index (χ1v) is 11.3. The Morgan fingerprint density at radius 2 is 1.88 bits per heavy atom. The minimum Gasteiger partial charge on any atom is -0.482 e. The SMILES string of the molecule is CCOC(=O)CN(CC(O)c1csc(C(F)(F)F)n1)C(C)Cc1ccc(OCC(=O)OC)cc1. The number of esters is 2. The number of thiazole rings is 1. The van der Waals surface area contributed by atoms with Gasteiger partial charge >= 0.3 is 18.1 Å². The van der Waals surface area contributed by atoms with E-state index in [9.17, 15) is 27.9 Å². The lowest BCUT2D eigenvalue weighted by Crippen LogP contribution is -2.41. The molecule has 8 nitrogen and oxygen atoms in total. The van der Waals surface area contributed by atoms with Crippen LogP contribution in [0.3, 0.4) is 0 Å². The van der Waals surface area contributed by atoms with E-state index < -0.39 is 29.2 Å². The number of carbonyl (C=O) groups excluding carboxylic acids is 2. The molecule has 0 aliphatic carbocycles. The predicted molar refractivity (Wildman–Crippen MR) is 117 cm³/mol. The summed E-state index contributed by atoms with van der Waals surface area (Å²) in [5.41, 5.74) is 0.778. The fourth-order valence-electron chi connectivity index (χ4n) is 3.05. The van der Waals surface area contributed by atoms with E-state index in [-0.39, 0.29) is 38.0 Å². The summed E-state index contributed by atoms with van der Waals surface area (Å²) in [4.78, 5) is 28.4. The van der Waals surface area contributed by atoms with Gasteiger partial charge in [0.1, 0.15) is 11.9 Å². The van der Waals surface area contributed by atoms with Crippen LogP contribution in [0, 0.1) is 0 Å². The summed E-state index contributed by atoms with van der Waals surface area (Å²) >= 11 is 0.406. The van der Waals surface area contributed by atoms with Crippen molar-refractivity contribution < 1.29 is 42.1 Å². The lowest BCUT2D eigenvalue weighted by molar-refractivity contribution is -0.145. The van der Waals surface area contributed by atoms with Crippen LogP contribution in [0.15, 0.2) is 29.6 Å². The van der Waals surface area contributed by atoms with E-state index >= 15 is 0 Å². The van der Waals surface area contributed by atoms with Crippen LogP contribution in [0.4, 0.5) is 13.2 Å². The number of hydrogen-bond acceptors (Lipinski definition) is 9. The molecule has 0 amide bonds. The van der Waals surface area contributed by atoms with E-state index in [0.717, 1.165) is 10.9 Å². The van der Waals surface area contributed by atoms with Crippen LogP contribution in [0.2, 0.25) is 0 Å².